The van der Waals surface area contributed by atoms with Gasteiger partial charge in [0.2, 0.25) is 0 Å². The highest BCUT2D eigenvalue weighted by atomic mass is 32.2. The van der Waals surface area contributed by atoms with E-state index in [1.807, 2.05) is 20.8 Å². The Morgan fingerprint density at radius 3 is 2.47 bits per heavy atom. The number of sulfonamides is 1. The van der Waals surface area contributed by atoms with E-state index in [0.29, 0.717) is 10.8 Å². The molecule has 1 aromatic rings. The van der Waals surface area contributed by atoms with Crippen molar-refractivity contribution in [1.29, 1.82) is 0 Å². The van der Waals surface area contributed by atoms with Crippen LogP contribution in [0.1, 0.15) is 20.8 Å². The van der Waals surface area contributed by atoms with Crippen LogP contribution in [0.5, 0.6) is 0 Å². The molecular weight excluding hydrogens is 256 g/mol. The first-order valence-corrected chi connectivity index (χ1v) is 7.73. The van der Waals surface area contributed by atoms with E-state index in [1.165, 1.54) is 15.6 Å². The van der Waals surface area contributed by atoms with Gasteiger partial charge in [-0.3, -0.25) is 0 Å². The number of hydrogen-bond acceptors (Lipinski definition) is 4. The molecule has 0 spiro atoms. The summed E-state index contributed by atoms with van der Waals surface area (Å²) in [5.74, 6) is 0. The van der Waals surface area contributed by atoms with Crippen molar-refractivity contribution in [3.8, 4) is 0 Å². The molecule has 1 aromatic heterocycles. The Morgan fingerprint density at radius 2 is 2.06 bits per heavy atom. The second kappa shape index (κ2) is 5.06. The van der Waals surface area contributed by atoms with E-state index >= 15 is 0 Å². The first-order chi connectivity index (χ1) is 7.65. The fourth-order valence-corrected chi connectivity index (χ4v) is 3.61. The average molecular weight is 276 g/mol. The summed E-state index contributed by atoms with van der Waals surface area (Å²) in [6.45, 7) is 6.33. The summed E-state index contributed by atoms with van der Waals surface area (Å²) in [6.07, 6.45) is 0. The molecule has 17 heavy (non-hydrogen) atoms. The molecule has 1 unspecified atom stereocenters. The van der Waals surface area contributed by atoms with E-state index in [4.69, 9.17) is 5.73 Å². The molecule has 0 bridgehead atoms. The van der Waals surface area contributed by atoms with E-state index in [0.717, 1.165) is 0 Å². The van der Waals surface area contributed by atoms with E-state index in [9.17, 15) is 8.42 Å². The molecule has 0 amide bonds. The second-order valence-corrected chi connectivity index (χ2v) is 8.41. The van der Waals surface area contributed by atoms with Crippen LogP contribution in [0.3, 0.4) is 0 Å². The summed E-state index contributed by atoms with van der Waals surface area (Å²) in [5, 5.41) is 1.75. The Kier molecular flexibility index (Phi) is 4.35. The Labute approximate surface area is 107 Å². The smallest absolute Gasteiger partial charge is 0.252 e. The van der Waals surface area contributed by atoms with E-state index in [-0.39, 0.29) is 11.5 Å². The highest BCUT2D eigenvalue weighted by molar-refractivity contribution is 7.91. The zero-order chi connectivity index (χ0) is 13.3. The molecule has 1 atom stereocenters. The van der Waals surface area contributed by atoms with Gasteiger partial charge in [-0.2, -0.15) is 4.31 Å². The lowest BCUT2D eigenvalue weighted by molar-refractivity contribution is 0.279. The molecule has 6 heteroatoms. The number of rotatable bonds is 4. The second-order valence-electron chi connectivity index (χ2n) is 5.19. The number of nitrogens with zero attached hydrogens (tertiary/aromatic N) is 1. The Morgan fingerprint density at radius 1 is 1.47 bits per heavy atom. The predicted octanol–water partition coefficient (Wildman–Crippen LogP) is 1.74. The first-order valence-electron chi connectivity index (χ1n) is 5.41. The Balaban J connectivity index is 2.82. The zero-order valence-electron chi connectivity index (χ0n) is 10.7. The van der Waals surface area contributed by atoms with Gasteiger partial charge in [0.1, 0.15) is 4.21 Å². The van der Waals surface area contributed by atoms with Gasteiger partial charge in [0, 0.05) is 19.6 Å². The summed E-state index contributed by atoms with van der Waals surface area (Å²) in [7, 11) is -1.81. The number of likely N-dealkylation sites (N-methyl/N-ethyl adjacent to an activating group) is 1. The van der Waals surface area contributed by atoms with Gasteiger partial charge in [-0.1, -0.05) is 26.8 Å². The lowest BCUT2D eigenvalue weighted by Gasteiger charge is -2.30. The molecule has 0 saturated carbocycles. The molecule has 0 aliphatic carbocycles. The summed E-state index contributed by atoms with van der Waals surface area (Å²) in [6, 6.07) is 3.15. The minimum absolute atomic E-state index is 0.112. The van der Waals surface area contributed by atoms with Crippen LogP contribution in [-0.2, 0) is 10.0 Å². The van der Waals surface area contributed by atoms with Gasteiger partial charge in [0.05, 0.1) is 0 Å². The average Bonchev–Trinajstić information content (AvgIpc) is 2.68. The van der Waals surface area contributed by atoms with Crippen LogP contribution in [0.2, 0.25) is 0 Å². The lowest BCUT2D eigenvalue weighted by atomic mass is 9.87. The summed E-state index contributed by atoms with van der Waals surface area (Å²) in [4.78, 5) is 0. The molecule has 0 radical (unpaired) electrons. The lowest BCUT2D eigenvalue weighted by Crippen LogP contribution is -2.45. The molecule has 0 fully saturated rings. The van der Waals surface area contributed by atoms with Crippen LogP contribution in [0.25, 0.3) is 0 Å². The molecule has 0 aliphatic heterocycles. The largest absolute Gasteiger partial charge is 0.326 e. The van der Waals surface area contributed by atoms with Crippen molar-refractivity contribution in [2.24, 2.45) is 11.1 Å². The third kappa shape index (κ3) is 3.51. The third-order valence-electron chi connectivity index (χ3n) is 2.73. The molecule has 0 saturated heterocycles. The third-order valence-corrected chi connectivity index (χ3v) is 5.92. The molecule has 4 nitrogen and oxygen atoms in total. The van der Waals surface area contributed by atoms with Crippen molar-refractivity contribution < 1.29 is 8.42 Å². The minimum Gasteiger partial charge on any atom is -0.326 e. The Hall–Kier alpha value is -0.430. The molecule has 0 aliphatic rings. The number of hydrogen-bond donors (Lipinski definition) is 1. The zero-order valence-corrected chi connectivity index (χ0v) is 12.3. The van der Waals surface area contributed by atoms with Crippen molar-refractivity contribution in [2.75, 3.05) is 13.6 Å². The summed E-state index contributed by atoms with van der Waals surface area (Å²) in [5.41, 5.74) is 5.89. The molecule has 98 valence electrons. The quantitative estimate of drug-likeness (QED) is 0.911. The van der Waals surface area contributed by atoms with Gasteiger partial charge >= 0.3 is 0 Å². The van der Waals surface area contributed by atoms with Gasteiger partial charge < -0.3 is 5.73 Å². The maximum atomic E-state index is 12.1. The van der Waals surface area contributed by atoms with Crippen LogP contribution >= 0.6 is 11.3 Å². The fraction of sp³-hybridized carbons (Fsp3) is 0.636. The van der Waals surface area contributed by atoms with E-state index in [1.54, 1.807) is 24.6 Å². The molecule has 0 aromatic carbocycles. The summed E-state index contributed by atoms with van der Waals surface area (Å²) < 4.78 is 26.0. The van der Waals surface area contributed by atoms with Crippen molar-refractivity contribution >= 4 is 21.4 Å². The van der Waals surface area contributed by atoms with E-state index < -0.39 is 10.0 Å². The number of thiophene rings is 1. The first kappa shape index (κ1) is 14.6. The Bertz CT molecular complexity index is 446. The highest BCUT2D eigenvalue weighted by Crippen LogP contribution is 2.23. The van der Waals surface area contributed by atoms with Crippen LogP contribution in [0, 0.1) is 5.41 Å². The van der Waals surface area contributed by atoms with Crippen LogP contribution < -0.4 is 5.73 Å². The van der Waals surface area contributed by atoms with E-state index in [2.05, 4.69) is 0 Å². The topological polar surface area (TPSA) is 63.4 Å². The van der Waals surface area contributed by atoms with Gasteiger partial charge in [0.15, 0.2) is 0 Å². The molecule has 1 rings (SSSR count). The standard InChI is InChI=1S/C11H20N2O2S2/c1-11(2,3)9(12)8-13(4)17(14,15)10-6-5-7-16-10/h5-7,9H,8,12H2,1-4H3. The summed E-state index contributed by atoms with van der Waals surface area (Å²) >= 11 is 1.22. The van der Waals surface area contributed by atoms with Gasteiger partial charge in [-0.15, -0.1) is 11.3 Å². The maximum absolute atomic E-state index is 12.1. The molecular formula is C11H20N2O2S2. The van der Waals surface area contributed by atoms with Gasteiger partial charge in [-0.25, -0.2) is 8.42 Å². The normalized spacial score (nSPS) is 15.2. The fourth-order valence-electron chi connectivity index (χ4n) is 1.21. The van der Waals surface area contributed by atoms with Gasteiger partial charge in [0.25, 0.3) is 10.0 Å². The molecule has 1 heterocycles. The van der Waals surface area contributed by atoms with Crippen molar-refractivity contribution in [3.63, 3.8) is 0 Å². The predicted molar refractivity (Wildman–Crippen MR) is 71.6 cm³/mol. The van der Waals surface area contributed by atoms with Gasteiger partial charge in [-0.05, 0) is 16.9 Å². The maximum Gasteiger partial charge on any atom is 0.252 e. The van der Waals surface area contributed by atoms with Crippen molar-refractivity contribution in [2.45, 2.75) is 31.0 Å². The SMILES string of the molecule is CN(CC(N)C(C)(C)C)S(=O)(=O)c1cccs1. The van der Waals surface area contributed by atoms with Crippen molar-refractivity contribution in [1.82, 2.24) is 4.31 Å². The monoisotopic (exact) mass is 276 g/mol. The van der Waals surface area contributed by atoms with Crippen molar-refractivity contribution in [3.05, 3.63) is 17.5 Å². The van der Waals surface area contributed by atoms with Crippen LogP contribution in [0.4, 0.5) is 0 Å². The number of nitrogens with two attached hydrogens (primary N) is 1. The van der Waals surface area contributed by atoms with Crippen LogP contribution in [0.15, 0.2) is 21.7 Å². The molecule has 2 N–H and O–H groups in total. The van der Waals surface area contributed by atoms with Crippen LogP contribution in [-0.4, -0.2) is 32.4 Å². The highest BCUT2D eigenvalue weighted by Gasteiger charge is 2.28. The minimum atomic E-state index is -3.38.